The third kappa shape index (κ3) is 7.88. The summed E-state index contributed by atoms with van der Waals surface area (Å²) in [5.74, 6) is -0.479. The maximum Gasteiger partial charge on any atom is 0.416 e. The Kier molecular flexibility index (Phi) is 9.64. The normalized spacial score (nSPS) is 18.8. The molecule has 1 N–H and O–H groups in total. The fourth-order valence-corrected chi connectivity index (χ4v) is 6.76. The lowest BCUT2D eigenvalue weighted by Gasteiger charge is -2.41. The summed E-state index contributed by atoms with van der Waals surface area (Å²) in [5.41, 5.74) is -2.81. The molecule has 0 aliphatic carbocycles. The van der Waals surface area contributed by atoms with Gasteiger partial charge in [0.05, 0.1) is 40.7 Å². The van der Waals surface area contributed by atoms with Gasteiger partial charge in [-0.1, -0.05) is 12.1 Å². The van der Waals surface area contributed by atoms with Crippen molar-refractivity contribution in [1.82, 2.24) is 19.6 Å². The number of rotatable bonds is 4. The third-order valence-electron chi connectivity index (χ3n) is 7.29. The summed E-state index contributed by atoms with van der Waals surface area (Å²) in [6.45, 7) is 5.37. The topological polar surface area (TPSA) is 100 Å². The Morgan fingerprint density at radius 1 is 1.09 bits per heavy atom. The molecule has 17 heteroatoms. The van der Waals surface area contributed by atoms with Crippen LogP contribution in [0.25, 0.3) is 17.0 Å². The van der Waals surface area contributed by atoms with Gasteiger partial charge in [0, 0.05) is 25.0 Å². The molecule has 2 aromatic carbocycles. The highest BCUT2D eigenvalue weighted by Gasteiger charge is 2.39. The number of nitrogens with zero attached hydrogens (tertiary/aromatic N) is 5. The van der Waals surface area contributed by atoms with Crippen LogP contribution in [0.4, 0.5) is 31.1 Å². The third-order valence-corrected chi connectivity index (χ3v) is 9.13. The predicted octanol–water partition coefficient (Wildman–Crippen LogP) is 6.61. The number of hydrogen-bond acceptors (Lipinski definition) is 7. The zero-order valence-corrected chi connectivity index (χ0v) is 28.1. The van der Waals surface area contributed by atoms with E-state index < -0.39 is 53.7 Å². The Morgan fingerprint density at radius 2 is 1.81 bits per heavy atom. The number of aliphatic imine (C=N–C) groups is 1. The Morgan fingerprint density at radius 3 is 2.45 bits per heavy atom. The first-order valence-electron chi connectivity index (χ1n) is 14.2. The molecule has 0 unspecified atom stereocenters. The molecule has 9 nitrogen and oxygen atoms in total. The first kappa shape index (κ1) is 35.0. The highest BCUT2D eigenvalue weighted by molar-refractivity contribution is 14.1. The van der Waals surface area contributed by atoms with Crippen molar-refractivity contribution in [3.8, 4) is 0 Å². The standard InChI is InChI=1S/C30H28F6IN5O4S/c1-28(2,3)46-27(45)41-9-8-40(14-19(41)15-43)26-38-25(44)23(47-26)11-16-4-7-22-20(10-16)24(37)39-42(22)13-17-5-6-18(29(31,32)33)12-21(17)30(34,35)36/h4-7,10-12,19,43H,8-9,13-15H2,1-3H3/t19-/m1/s1. The molecule has 0 saturated carbocycles. The lowest BCUT2D eigenvalue weighted by atomic mass is 10.0. The van der Waals surface area contributed by atoms with Crippen molar-refractivity contribution in [2.24, 2.45) is 4.99 Å². The van der Waals surface area contributed by atoms with Gasteiger partial charge in [-0.2, -0.15) is 36.4 Å². The Labute approximate surface area is 282 Å². The molecule has 3 aromatic rings. The fraction of sp³-hybridized carbons (Fsp3) is 0.400. The van der Waals surface area contributed by atoms with Crippen LogP contribution in [0.5, 0.6) is 0 Å². The van der Waals surface area contributed by atoms with Gasteiger partial charge in [0.15, 0.2) is 5.17 Å². The van der Waals surface area contributed by atoms with Crippen molar-refractivity contribution in [2.75, 3.05) is 26.2 Å². The molecule has 252 valence electrons. The molecule has 1 fully saturated rings. The van der Waals surface area contributed by atoms with E-state index in [2.05, 4.69) is 10.1 Å². The number of fused-ring (bicyclic) bond motifs is 1. The number of amidine groups is 1. The maximum atomic E-state index is 13.7. The number of halogens is 7. The molecule has 1 atom stereocenters. The number of aliphatic hydroxyl groups is 1. The Bertz CT molecular complexity index is 1780. The van der Waals surface area contributed by atoms with E-state index in [1.807, 2.05) is 27.5 Å². The van der Waals surface area contributed by atoms with Gasteiger partial charge in [0.1, 0.15) is 9.30 Å². The first-order chi connectivity index (χ1) is 21.8. The van der Waals surface area contributed by atoms with E-state index in [9.17, 15) is 41.0 Å². The number of aliphatic hydroxyl groups excluding tert-OH is 1. The first-order valence-corrected chi connectivity index (χ1v) is 16.0. The quantitative estimate of drug-likeness (QED) is 0.180. The second-order valence-electron chi connectivity index (χ2n) is 11.9. The summed E-state index contributed by atoms with van der Waals surface area (Å²) in [6.07, 6.45) is -8.86. The van der Waals surface area contributed by atoms with Crippen LogP contribution >= 0.6 is 34.4 Å². The van der Waals surface area contributed by atoms with Crippen molar-refractivity contribution in [3.05, 3.63) is 67.3 Å². The van der Waals surface area contributed by atoms with E-state index in [-0.39, 0.29) is 31.3 Å². The Hall–Kier alpha value is -3.32. The number of amides is 2. The second-order valence-corrected chi connectivity index (χ2v) is 13.9. The SMILES string of the molecule is CC(C)(C)OC(=O)N1CCN(C2=NC(=O)C(=Cc3ccc4c(c3)c(I)nn4Cc3ccc(C(F)(F)F)cc3C(F)(F)F)S2)C[C@@H]1CO. The number of hydrogen-bond donors (Lipinski definition) is 1. The minimum absolute atomic E-state index is 0.105. The predicted molar refractivity (Wildman–Crippen MR) is 171 cm³/mol. The summed E-state index contributed by atoms with van der Waals surface area (Å²) >= 11 is 3.05. The van der Waals surface area contributed by atoms with Crippen molar-refractivity contribution >= 4 is 68.5 Å². The number of thioether (sulfide) groups is 1. The van der Waals surface area contributed by atoms with Crippen molar-refractivity contribution in [1.29, 1.82) is 0 Å². The van der Waals surface area contributed by atoms with Gasteiger partial charge in [0.25, 0.3) is 5.91 Å². The molecular formula is C30H28F6IN5O4S. The zero-order chi connectivity index (χ0) is 34.5. The minimum atomic E-state index is -5.01. The molecule has 47 heavy (non-hydrogen) atoms. The smallest absolute Gasteiger partial charge is 0.416 e. The number of piperazine rings is 1. The van der Waals surface area contributed by atoms with Gasteiger partial charge >= 0.3 is 18.4 Å². The average molecular weight is 796 g/mol. The van der Waals surface area contributed by atoms with Gasteiger partial charge in [-0.05, 0) is 96.6 Å². The average Bonchev–Trinajstić information content (AvgIpc) is 3.49. The molecule has 1 saturated heterocycles. The lowest BCUT2D eigenvalue weighted by Crippen LogP contribution is -2.58. The van der Waals surface area contributed by atoms with Crippen LogP contribution in [0.15, 0.2) is 46.3 Å². The summed E-state index contributed by atoms with van der Waals surface area (Å²) in [5, 5.41) is 15.3. The molecule has 2 amide bonds. The number of carbonyl (C=O) groups excluding carboxylic acids is 2. The molecule has 0 radical (unpaired) electrons. The number of carbonyl (C=O) groups is 2. The van der Waals surface area contributed by atoms with Crippen LogP contribution in [-0.2, 0) is 28.4 Å². The molecule has 0 spiro atoms. The highest BCUT2D eigenvalue weighted by atomic mass is 127. The molecule has 2 aliphatic heterocycles. The second kappa shape index (κ2) is 12.9. The van der Waals surface area contributed by atoms with E-state index in [1.54, 1.807) is 45.0 Å². The number of alkyl halides is 6. The molecule has 1 aromatic heterocycles. The van der Waals surface area contributed by atoms with Crippen molar-refractivity contribution < 1.29 is 45.8 Å². The van der Waals surface area contributed by atoms with Crippen LogP contribution in [-0.4, -0.2) is 79.7 Å². The molecule has 3 heterocycles. The van der Waals surface area contributed by atoms with Crippen LogP contribution < -0.4 is 0 Å². The Balaban J connectivity index is 1.33. The minimum Gasteiger partial charge on any atom is -0.444 e. The zero-order valence-electron chi connectivity index (χ0n) is 25.1. The van der Waals surface area contributed by atoms with Gasteiger partial charge in [-0.15, -0.1) is 0 Å². The molecular weight excluding hydrogens is 767 g/mol. The summed E-state index contributed by atoms with van der Waals surface area (Å²) in [6, 6.07) is 5.93. The lowest BCUT2D eigenvalue weighted by molar-refractivity contribution is -0.143. The molecule has 0 bridgehead atoms. The number of aromatic nitrogens is 2. The fourth-order valence-electron chi connectivity index (χ4n) is 5.11. The molecule has 2 aliphatic rings. The van der Waals surface area contributed by atoms with E-state index >= 15 is 0 Å². The monoisotopic (exact) mass is 795 g/mol. The number of benzene rings is 2. The van der Waals surface area contributed by atoms with E-state index in [1.165, 1.54) is 9.58 Å². The number of ether oxygens (including phenoxy) is 1. The summed E-state index contributed by atoms with van der Waals surface area (Å²) in [7, 11) is 0. The van der Waals surface area contributed by atoms with Crippen LogP contribution in [0.1, 0.15) is 43.0 Å². The van der Waals surface area contributed by atoms with Gasteiger partial charge in [0.2, 0.25) is 0 Å². The largest absolute Gasteiger partial charge is 0.444 e. The van der Waals surface area contributed by atoms with Crippen LogP contribution in [0.3, 0.4) is 0 Å². The van der Waals surface area contributed by atoms with Crippen LogP contribution in [0.2, 0.25) is 0 Å². The maximum absolute atomic E-state index is 13.7. The van der Waals surface area contributed by atoms with Crippen molar-refractivity contribution in [2.45, 2.75) is 51.3 Å². The van der Waals surface area contributed by atoms with Gasteiger partial charge < -0.3 is 14.7 Å². The summed E-state index contributed by atoms with van der Waals surface area (Å²) in [4.78, 5) is 33.2. The van der Waals surface area contributed by atoms with E-state index in [4.69, 9.17) is 4.74 Å². The summed E-state index contributed by atoms with van der Waals surface area (Å²) < 4.78 is 87.7. The highest BCUT2D eigenvalue weighted by Crippen LogP contribution is 2.38. The molecule has 5 rings (SSSR count). The van der Waals surface area contributed by atoms with E-state index in [0.717, 1.165) is 17.8 Å². The van der Waals surface area contributed by atoms with Gasteiger partial charge in [-0.25, -0.2) is 4.79 Å². The van der Waals surface area contributed by atoms with Gasteiger partial charge in [-0.3, -0.25) is 14.4 Å². The van der Waals surface area contributed by atoms with Crippen LogP contribution in [0, 0.1) is 3.70 Å². The van der Waals surface area contributed by atoms with E-state index in [0.29, 0.717) is 42.9 Å². The van der Waals surface area contributed by atoms with Crippen molar-refractivity contribution in [3.63, 3.8) is 0 Å².